The van der Waals surface area contributed by atoms with Crippen molar-refractivity contribution in [2.75, 3.05) is 12.8 Å². The molecule has 1 aliphatic carbocycles. The van der Waals surface area contributed by atoms with Crippen LogP contribution < -0.4 is 10.0 Å². The lowest BCUT2D eigenvalue weighted by Gasteiger charge is -2.31. The van der Waals surface area contributed by atoms with Gasteiger partial charge in [0.1, 0.15) is 0 Å². The van der Waals surface area contributed by atoms with Gasteiger partial charge in [-0.3, -0.25) is 4.79 Å². The number of hydrogen-bond donors (Lipinski definition) is 2. The van der Waals surface area contributed by atoms with E-state index in [1.165, 1.54) is 19.3 Å². The molecule has 0 radical (unpaired) electrons. The molecule has 0 heterocycles. The van der Waals surface area contributed by atoms with E-state index in [0.29, 0.717) is 5.92 Å². The van der Waals surface area contributed by atoms with Gasteiger partial charge in [-0.05, 0) is 24.3 Å². The van der Waals surface area contributed by atoms with Crippen LogP contribution in [0, 0.1) is 5.92 Å². The van der Waals surface area contributed by atoms with Crippen LogP contribution >= 0.6 is 0 Å². The molecule has 1 aromatic carbocycles. The first-order valence-electron chi connectivity index (χ1n) is 7.74. The van der Waals surface area contributed by atoms with Crippen molar-refractivity contribution in [3.8, 4) is 0 Å². The molecule has 1 saturated carbocycles. The van der Waals surface area contributed by atoms with Crippen molar-refractivity contribution < 1.29 is 13.2 Å². The number of amides is 1. The number of carbonyl (C=O) groups excluding carboxylic acids is 1. The van der Waals surface area contributed by atoms with Crippen LogP contribution in [0.25, 0.3) is 0 Å². The second kappa shape index (κ2) is 7.74. The zero-order valence-electron chi connectivity index (χ0n) is 12.9. The van der Waals surface area contributed by atoms with Crippen LogP contribution in [-0.4, -0.2) is 27.1 Å². The predicted molar refractivity (Wildman–Crippen MR) is 86.7 cm³/mol. The maximum Gasteiger partial charge on any atom is 0.235 e. The van der Waals surface area contributed by atoms with Crippen molar-refractivity contribution in [2.45, 2.75) is 38.1 Å². The van der Waals surface area contributed by atoms with Gasteiger partial charge in [0.15, 0.2) is 0 Å². The summed E-state index contributed by atoms with van der Waals surface area (Å²) in [5.74, 6) is 0.128. The molecule has 1 aliphatic rings. The van der Waals surface area contributed by atoms with Crippen LogP contribution in [0.15, 0.2) is 30.3 Å². The van der Waals surface area contributed by atoms with E-state index in [4.69, 9.17) is 0 Å². The molecule has 122 valence electrons. The van der Waals surface area contributed by atoms with Gasteiger partial charge >= 0.3 is 0 Å². The van der Waals surface area contributed by atoms with Crippen LogP contribution in [0.4, 0.5) is 0 Å². The van der Waals surface area contributed by atoms with Crippen molar-refractivity contribution in [3.05, 3.63) is 35.9 Å². The van der Waals surface area contributed by atoms with Crippen LogP contribution in [0.3, 0.4) is 0 Å². The standard InChI is InChI=1S/C16H24N2O3S/c1-22(20,21)17-12-15(19)18-16(13-8-4-2-5-9-13)14-10-6-3-7-11-14/h2,4-5,8-9,14,16-17H,3,6-7,10-12H2,1H3,(H,18,19). The Morgan fingerprint density at radius 3 is 2.41 bits per heavy atom. The molecule has 0 saturated heterocycles. The monoisotopic (exact) mass is 324 g/mol. The Morgan fingerprint density at radius 2 is 1.82 bits per heavy atom. The number of sulfonamides is 1. The Morgan fingerprint density at radius 1 is 1.18 bits per heavy atom. The molecule has 1 fully saturated rings. The molecule has 1 aromatic rings. The number of hydrogen-bond acceptors (Lipinski definition) is 3. The molecule has 22 heavy (non-hydrogen) atoms. The molecule has 6 heteroatoms. The van der Waals surface area contributed by atoms with Gasteiger partial charge < -0.3 is 5.32 Å². The summed E-state index contributed by atoms with van der Waals surface area (Å²) in [6, 6.07) is 9.87. The highest BCUT2D eigenvalue weighted by atomic mass is 32.2. The molecule has 1 amide bonds. The van der Waals surface area contributed by atoms with Gasteiger partial charge in [0, 0.05) is 0 Å². The molecule has 2 N–H and O–H groups in total. The minimum Gasteiger partial charge on any atom is -0.348 e. The highest BCUT2D eigenvalue weighted by Gasteiger charge is 2.26. The first-order valence-corrected chi connectivity index (χ1v) is 9.64. The zero-order valence-corrected chi connectivity index (χ0v) is 13.7. The van der Waals surface area contributed by atoms with E-state index >= 15 is 0 Å². The largest absolute Gasteiger partial charge is 0.348 e. The van der Waals surface area contributed by atoms with E-state index in [2.05, 4.69) is 10.0 Å². The van der Waals surface area contributed by atoms with Gasteiger partial charge in [-0.15, -0.1) is 0 Å². The molecule has 0 bridgehead atoms. The molecule has 1 atom stereocenters. The number of benzene rings is 1. The molecular weight excluding hydrogens is 300 g/mol. The average Bonchev–Trinajstić information content (AvgIpc) is 2.52. The number of rotatable bonds is 6. The van der Waals surface area contributed by atoms with E-state index in [-0.39, 0.29) is 18.5 Å². The van der Waals surface area contributed by atoms with Gasteiger partial charge in [-0.2, -0.15) is 0 Å². The van der Waals surface area contributed by atoms with Gasteiger partial charge in [0.05, 0.1) is 18.8 Å². The van der Waals surface area contributed by atoms with Crippen LogP contribution in [-0.2, 0) is 14.8 Å². The Labute approximate surface area is 132 Å². The summed E-state index contributed by atoms with van der Waals surface area (Å²) in [7, 11) is -3.36. The zero-order chi connectivity index (χ0) is 16.0. The fourth-order valence-electron chi connectivity index (χ4n) is 3.02. The lowest BCUT2D eigenvalue weighted by molar-refractivity contribution is -0.121. The maximum atomic E-state index is 12.1. The predicted octanol–water partition coefficient (Wildman–Crippen LogP) is 1.97. The SMILES string of the molecule is CS(=O)(=O)NCC(=O)NC(c1ccccc1)C1CCCCC1. The van der Waals surface area contributed by atoms with E-state index < -0.39 is 10.0 Å². The Bertz CT molecular complexity index is 581. The van der Waals surface area contributed by atoms with Crippen LogP contribution in [0.2, 0.25) is 0 Å². The summed E-state index contributed by atoms with van der Waals surface area (Å²) in [6.45, 7) is -0.213. The lowest BCUT2D eigenvalue weighted by atomic mass is 9.81. The molecule has 2 rings (SSSR count). The fourth-order valence-corrected chi connectivity index (χ4v) is 3.42. The second-order valence-electron chi connectivity index (χ2n) is 5.95. The number of carbonyl (C=O) groups is 1. The van der Waals surface area contributed by atoms with Crippen molar-refractivity contribution in [3.63, 3.8) is 0 Å². The molecule has 0 aromatic heterocycles. The average molecular weight is 324 g/mol. The highest BCUT2D eigenvalue weighted by Crippen LogP contribution is 2.34. The third-order valence-corrected chi connectivity index (χ3v) is 4.76. The van der Waals surface area contributed by atoms with Gasteiger partial charge in [0.25, 0.3) is 0 Å². The second-order valence-corrected chi connectivity index (χ2v) is 7.78. The topological polar surface area (TPSA) is 75.3 Å². The van der Waals surface area contributed by atoms with E-state index in [0.717, 1.165) is 24.7 Å². The smallest absolute Gasteiger partial charge is 0.235 e. The van der Waals surface area contributed by atoms with Gasteiger partial charge in [-0.1, -0.05) is 49.6 Å². The van der Waals surface area contributed by atoms with Crippen LogP contribution in [0.1, 0.15) is 43.7 Å². The van der Waals surface area contributed by atoms with Crippen molar-refractivity contribution in [2.24, 2.45) is 5.92 Å². The minimum atomic E-state index is -3.36. The summed E-state index contributed by atoms with van der Waals surface area (Å²) < 4.78 is 24.4. The summed E-state index contributed by atoms with van der Waals surface area (Å²) in [4.78, 5) is 12.1. The third-order valence-electron chi connectivity index (χ3n) is 4.09. The number of nitrogens with one attached hydrogen (secondary N) is 2. The molecule has 5 nitrogen and oxygen atoms in total. The van der Waals surface area contributed by atoms with Gasteiger partial charge in [-0.25, -0.2) is 13.1 Å². The lowest BCUT2D eigenvalue weighted by Crippen LogP contribution is -2.40. The van der Waals surface area contributed by atoms with Crippen molar-refractivity contribution >= 4 is 15.9 Å². The van der Waals surface area contributed by atoms with E-state index in [1.807, 2.05) is 30.3 Å². The Balaban J connectivity index is 2.06. The first-order chi connectivity index (χ1) is 10.5. The summed E-state index contributed by atoms with van der Waals surface area (Å²) >= 11 is 0. The van der Waals surface area contributed by atoms with Crippen molar-refractivity contribution in [1.82, 2.24) is 10.0 Å². The summed E-state index contributed by atoms with van der Waals surface area (Å²) in [6.07, 6.45) is 6.87. The quantitative estimate of drug-likeness (QED) is 0.840. The third kappa shape index (κ3) is 5.42. The van der Waals surface area contributed by atoms with Gasteiger partial charge in [0.2, 0.25) is 15.9 Å². The fraction of sp³-hybridized carbons (Fsp3) is 0.562. The molecule has 1 unspecified atom stereocenters. The summed E-state index contributed by atoms with van der Waals surface area (Å²) in [5, 5.41) is 3.01. The van der Waals surface area contributed by atoms with Crippen LogP contribution in [0.5, 0.6) is 0 Å². The Hall–Kier alpha value is -1.40. The minimum absolute atomic E-state index is 0.0460. The van der Waals surface area contributed by atoms with E-state index in [1.54, 1.807) is 0 Å². The highest BCUT2D eigenvalue weighted by molar-refractivity contribution is 7.88. The Kier molecular flexibility index (Phi) is 5.97. The summed E-state index contributed by atoms with van der Waals surface area (Å²) in [5.41, 5.74) is 1.09. The molecular formula is C16H24N2O3S. The van der Waals surface area contributed by atoms with E-state index in [9.17, 15) is 13.2 Å². The maximum absolute atomic E-state index is 12.1. The first kappa shape index (κ1) is 17.0. The molecule has 0 aliphatic heterocycles. The normalized spacial score (nSPS) is 17.9. The van der Waals surface area contributed by atoms with Crippen molar-refractivity contribution in [1.29, 1.82) is 0 Å². The molecule has 0 spiro atoms.